The molecule has 31 heavy (non-hydrogen) atoms. The molecule has 2 aromatic carbocycles. The number of amides is 4. The first-order valence-corrected chi connectivity index (χ1v) is 11.1. The molecule has 0 aromatic heterocycles. The minimum Gasteiger partial charge on any atom is -0.354 e. The molecule has 2 N–H and O–H groups in total. The quantitative estimate of drug-likeness (QED) is 0.674. The summed E-state index contributed by atoms with van der Waals surface area (Å²) in [4.78, 5) is 39.3. The molecule has 1 saturated carbocycles. The average molecular weight is 420 g/mol. The summed E-state index contributed by atoms with van der Waals surface area (Å²) in [5.41, 5.74) is 1.58. The van der Waals surface area contributed by atoms with E-state index in [0.29, 0.717) is 19.4 Å². The van der Waals surface area contributed by atoms with Crippen LogP contribution in [0.15, 0.2) is 60.7 Å². The van der Waals surface area contributed by atoms with Crippen molar-refractivity contribution < 1.29 is 14.4 Å². The van der Waals surface area contributed by atoms with Gasteiger partial charge in [0.2, 0.25) is 5.91 Å². The molecule has 162 valence electrons. The van der Waals surface area contributed by atoms with Gasteiger partial charge in [-0.1, -0.05) is 73.5 Å². The second-order valence-electron chi connectivity index (χ2n) is 8.52. The van der Waals surface area contributed by atoms with Crippen LogP contribution in [0, 0.1) is 0 Å². The summed E-state index contributed by atoms with van der Waals surface area (Å²) in [7, 11) is 0. The van der Waals surface area contributed by atoms with E-state index in [0.717, 1.165) is 24.2 Å². The first-order valence-electron chi connectivity index (χ1n) is 11.1. The first kappa shape index (κ1) is 21.1. The molecule has 6 heteroatoms. The summed E-state index contributed by atoms with van der Waals surface area (Å²) >= 11 is 0. The maximum atomic E-state index is 12.9. The van der Waals surface area contributed by atoms with Crippen LogP contribution >= 0.6 is 0 Å². The first-order chi connectivity index (χ1) is 15.0. The topological polar surface area (TPSA) is 78.5 Å². The van der Waals surface area contributed by atoms with Crippen LogP contribution in [0.5, 0.6) is 0 Å². The lowest BCUT2D eigenvalue weighted by molar-refractivity contribution is -0.137. The SMILES string of the molecule is CC(C(=O)NCCC(c1ccccc1)c1ccccc1)N1C(=O)NC2(CCCC2)C1=O. The Kier molecular flexibility index (Phi) is 6.07. The highest BCUT2D eigenvalue weighted by atomic mass is 16.2. The van der Waals surface area contributed by atoms with E-state index in [-0.39, 0.29) is 17.7 Å². The van der Waals surface area contributed by atoms with Gasteiger partial charge in [0.1, 0.15) is 11.6 Å². The van der Waals surface area contributed by atoms with Gasteiger partial charge in [-0.25, -0.2) is 9.69 Å². The number of carbonyl (C=O) groups is 3. The fourth-order valence-corrected chi connectivity index (χ4v) is 4.81. The van der Waals surface area contributed by atoms with Gasteiger partial charge < -0.3 is 10.6 Å². The molecule has 4 rings (SSSR count). The summed E-state index contributed by atoms with van der Waals surface area (Å²) in [5.74, 6) is -0.418. The van der Waals surface area contributed by atoms with E-state index < -0.39 is 17.6 Å². The van der Waals surface area contributed by atoms with E-state index >= 15 is 0 Å². The normalized spacial score (nSPS) is 18.5. The third-order valence-corrected chi connectivity index (χ3v) is 6.55. The fourth-order valence-electron chi connectivity index (χ4n) is 4.81. The molecule has 1 unspecified atom stereocenters. The van der Waals surface area contributed by atoms with Gasteiger partial charge in [-0.3, -0.25) is 9.59 Å². The molecular formula is C25H29N3O3. The Bertz CT molecular complexity index is 899. The smallest absolute Gasteiger partial charge is 0.325 e. The van der Waals surface area contributed by atoms with E-state index in [1.807, 2.05) is 36.4 Å². The van der Waals surface area contributed by atoms with Crippen LogP contribution in [0.3, 0.4) is 0 Å². The Morgan fingerprint density at radius 1 is 1.00 bits per heavy atom. The van der Waals surface area contributed by atoms with Crippen molar-refractivity contribution in [2.45, 2.75) is 56.5 Å². The predicted octanol–water partition coefficient (Wildman–Crippen LogP) is 3.58. The summed E-state index contributed by atoms with van der Waals surface area (Å²) in [6.45, 7) is 2.07. The largest absolute Gasteiger partial charge is 0.354 e. The molecule has 1 spiro atoms. The molecule has 0 bridgehead atoms. The highest BCUT2D eigenvalue weighted by Crippen LogP contribution is 2.35. The van der Waals surface area contributed by atoms with Crippen LogP contribution in [0.4, 0.5) is 4.79 Å². The highest BCUT2D eigenvalue weighted by Gasteiger charge is 2.54. The molecule has 2 aliphatic rings. The van der Waals surface area contributed by atoms with E-state index in [1.54, 1.807) is 6.92 Å². The lowest BCUT2D eigenvalue weighted by Crippen LogP contribution is -2.50. The van der Waals surface area contributed by atoms with Gasteiger partial charge in [-0.2, -0.15) is 0 Å². The number of imide groups is 1. The van der Waals surface area contributed by atoms with Gasteiger partial charge in [0, 0.05) is 12.5 Å². The van der Waals surface area contributed by atoms with Gasteiger partial charge in [0.25, 0.3) is 5.91 Å². The van der Waals surface area contributed by atoms with Crippen molar-refractivity contribution in [1.82, 2.24) is 15.5 Å². The van der Waals surface area contributed by atoms with E-state index in [1.165, 1.54) is 11.1 Å². The number of hydrogen-bond donors (Lipinski definition) is 2. The van der Waals surface area contributed by atoms with Gasteiger partial charge in [-0.15, -0.1) is 0 Å². The Balaban J connectivity index is 1.39. The Morgan fingerprint density at radius 2 is 1.55 bits per heavy atom. The Labute approximate surface area is 183 Å². The number of carbonyl (C=O) groups excluding carboxylic acids is 3. The lowest BCUT2D eigenvalue weighted by Gasteiger charge is -2.24. The maximum absolute atomic E-state index is 12.9. The lowest BCUT2D eigenvalue weighted by atomic mass is 9.88. The second kappa shape index (κ2) is 8.92. The predicted molar refractivity (Wildman–Crippen MR) is 118 cm³/mol. The Hall–Kier alpha value is -3.15. The molecule has 2 fully saturated rings. The minimum absolute atomic E-state index is 0.150. The van der Waals surface area contributed by atoms with Crippen molar-refractivity contribution in [3.63, 3.8) is 0 Å². The molecule has 1 atom stereocenters. The van der Waals surface area contributed by atoms with Crippen molar-refractivity contribution in [3.8, 4) is 0 Å². The van der Waals surface area contributed by atoms with Gasteiger partial charge in [0.05, 0.1) is 0 Å². The van der Waals surface area contributed by atoms with Crippen molar-refractivity contribution in [1.29, 1.82) is 0 Å². The molecule has 1 saturated heterocycles. The van der Waals surface area contributed by atoms with Crippen LogP contribution < -0.4 is 10.6 Å². The van der Waals surface area contributed by atoms with Crippen LogP contribution in [0.2, 0.25) is 0 Å². The van der Waals surface area contributed by atoms with Crippen LogP contribution in [0.1, 0.15) is 56.1 Å². The average Bonchev–Trinajstić information content (AvgIpc) is 3.36. The van der Waals surface area contributed by atoms with Gasteiger partial charge >= 0.3 is 6.03 Å². The third-order valence-electron chi connectivity index (χ3n) is 6.55. The third kappa shape index (κ3) is 4.20. The number of rotatable bonds is 7. The number of hydrogen-bond acceptors (Lipinski definition) is 3. The second-order valence-corrected chi connectivity index (χ2v) is 8.52. The number of urea groups is 1. The molecule has 2 aromatic rings. The summed E-state index contributed by atoms with van der Waals surface area (Å²) < 4.78 is 0. The minimum atomic E-state index is -0.834. The maximum Gasteiger partial charge on any atom is 0.325 e. The monoisotopic (exact) mass is 419 g/mol. The zero-order chi connectivity index (χ0) is 21.8. The standard InChI is InChI=1S/C25H29N3O3/c1-18(28-23(30)25(27-24(28)31)15-8-9-16-25)22(29)26-17-14-21(19-10-4-2-5-11-19)20-12-6-3-7-13-20/h2-7,10-13,18,21H,8-9,14-17H2,1H3,(H,26,29)(H,27,31). The fraction of sp³-hybridized carbons (Fsp3) is 0.400. The van der Waals surface area contributed by atoms with Crippen LogP contribution in [0.25, 0.3) is 0 Å². The molecule has 0 radical (unpaired) electrons. The van der Waals surface area contributed by atoms with Crippen molar-refractivity contribution in [2.24, 2.45) is 0 Å². The van der Waals surface area contributed by atoms with Crippen LogP contribution in [-0.2, 0) is 9.59 Å². The molecule has 1 aliphatic carbocycles. The summed E-state index contributed by atoms with van der Waals surface area (Å²) in [6.07, 6.45) is 3.86. The Morgan fingerprint density at radius 3 is 2.10 bits per heavy atom. The highest BCUT2D eigenvalue weighted by molar-refractivity contribution is 6.09. The zero-order valence-corrected chi connectivity index (χ0v) is 17.8. The van der Waals surface area contributed by atoms with Gasteiger partial charge in [0.15, 0.2) is 0 Å². The molecule has 1 aliphatic heterocycles. The zero-order valence-electron chi connectivity index (χ0n) is 17.8. The van der Waals surface area contributed by atoms with Crippen molar-refractivity contribution >= 4 is 17.8 Å². The van der Waals surface area contributed by atoms with E-state index in [4.69, 9.17) is 0 Å². The van der Waals surface area contributed by atoms with E-state index in [9.17, 15) is 14.4 Å². The number of benzene rings is 2. The van der Waals surface area contributed by atoms with Crippen molar-refractivity contribution in [3.05, 3.63) is 71.8 Å². The van der Waals surface area contributed by atoms with Crippen molar-refractivity contribution in [2.75, 3.05) is 6.54 Å². The number of nitrogens with zero attached hydrogens (tertiary/aromatic N) is 1. The summed E-state index contributed by atoms with van der Waals surface area (Å²) in [5, 5.41) is 5.78. The summed E-state index contributed by atoms with van der Waals surface area (Å²) in [6, 6.07) is 19.1. The molecular weight excluding hydrogens is 390 g/mol. The molecule has 1 heterocycles. The number of nitrogens with one attached hydrogen (secondary N) is 2. The van der Waals surface area contributed by atoms with Gasteiger partial charge in [-0.05, 0) is 37.3 Å². The van der Waals surface area contributed by atoms with Crippen LogP contribution in [-0.4, -0.2) is 40.9 Å². The van der Waals surface area contributed by atoms with E-state index in [2.05, 4.69) is 34.9 Å². The molecule has 6 nitrogen and oxygen atoms in total. The molecule has 4 amide bonds.